The standard InChI is InChI=1S/C9H11BrN4O3/c1-4(15)3-14-6-5(7(16)12-9(14)17)13(2)8(10)11-6/h4,15H,3H2,1-2H3,(H,12,16,17). The fourth-order valence-corrected chi connectivity index (χ4v) is 2.00. The Bertz CT molecular complexity index is 682. The number of aliphatic hydroxyl groups excluding tert-OH is 1. The Hall–Kier alpha value is -1.41. The summed E-state index contributed by atoms with van der Waals surface area (Å²) in [5.74, 6) is 0. The fraction of sp³-hybridized carbons (Fsp3) is 0.444. The first-order valence-corrected chi connectivity index (χ1v) is 5.74. The molecule has 0 radical (unpaired) electrons. The molecule has 0 aliphatic heterocycles. The van der Waals surface area contributed by atoms with E-state index in [1.165, 1.54) is 9.13 Å². The van der Waals surface area contributed by atoms with Crippen molar-refractivity contribution in [1.82, 2.24) is 19.1 Å². The van der Waals surface area contributed by atoms with Crippen LogP contribution in [0.5, 0.6) is 0 Å². The van der Waals surface area contributed by atoms with Crippen LogP contribution >= 0.6 is 15.9 Å². The lowest BCUT2D eigenvalue weighted by atomic mass is 10.4. The van der Waals surface area contributed by atoms with Crippen LogP contribution in [0.4, 0.5) is 0 Å². The number of nitrogens with zero attached hydrogens (tertiary/aromatic N) is 3. The molecule has 1 atom stereocenters. The maximum absolute atomic E-state index is 11.7. The molecular weight excluding hydrogens is 292 g/mol. The van der Waals surface area contributed by atoms with Gasteiger partial charge in [0.05, 0.1) is 12.6 Å². The Balaban J connectivity index is 2.88. The van der Waals surface area contributed by atoms with E-state index < -0.39 is 17.4 Å². The van der Waals surface area contributed by atoms with Crippen molar-refractivity contribution in [2.75, 3.05) is 0 Å². The van der Waals surface area contributed by atoms with E-state index in [-0.39, 0.29) is 17.7 Å². The van der Waals surface area contributed by atoms with Crippen LogP contribution < -0.4 is 11.2 Å². The van der Waals surface area contributed by atoms with Crippen LogP contribution in [0.15, 0.2) is 14.3 Å². The second kappa shape index (κ2) is 4.11. The maximum atomic E-state index is 11.7. The van der Waals surface area contributed by atoms with Crippen LogP contribution in [0.2, 0.25) is 0 Å². The van der Waals surface area contributed by atoms with Crippen molar-refractivity contribution in [3.8, 4) is 0 Å². The third-order valence-electron chi connectivity index (χ3n) is 2.41. The molecule has 0 aliphatic carbocycles. The SMILES string of the molecule is CC(O)Cn1c(=O)[nH]c(=O)c2c1nc(Br)n2C. The maximum Gasteiger partial charge on any atom is 0.330 e. The van der Waals surface area contributed by atoms with Crippen molar-refractivity contribution in [3.63, 3.8) is 0 Å². The number of aromatic amines is 1. The minimum absolute atomic E-state index is 0.0789. The minimum Gasteiger partial charge on any atom is -0.392 e. The van der Waals surface area contributed by atoms with E-state index >= 15 is 0 Å². The number of hydrogen-bond donors (Lipinski definition) is 2. The molecular formula is C9H11BrN4O3. The van der Waals surface area contributed by atoms with Gasteiger partial charge in [0.15, 0.2) is 15.9 Å². The number of rotatable bonds is 2. The molecule has 2 aromatic rings. The first kappa shape index (κ1) is 12.1. The summed E-state index contributed by atoms with van der Waals surface area (Å²) >= 11 is 3.19. The lowest BCUT2D eigenvalue weighted by Gasteiger charge is -2.07. The van der Waals surface area contributed by atoms with Gasteiger partial charge in [0.25, 0.3) is 5.56 Å². The summed E-state index contributed by atoms with van der Waals surface area (Å²) in [6.07, 6.45) is -0.706. The molecule has 2 heterocycles. The highest BCUT2D eigenvalue weighted by Crippen LogP contribution is 2.14. The molecule has 92 valence electrons. The summed E-state index contributed by atoms with van der Waals surface area (Å²) in [5, 5.41) is 9.34. The summed E-state index contributed by atoms with van der Waals surface area (Å²) in [4.78, 5) is 29.6. The van der Waals surface area contributed by atoms with Crippen molar-refractivity contribution in [2.24, 2.45) is 7.05 Å². The highest BCUT2D eigenvalue weighted by molar-refractivity contribution is 9.10. The Morgan fingerprint density at radius 2 is 2.18 bits per heavy atom. The predicted molar refractivity (Wildman–Crippen MR) is 65.0 cm³/mol. The zero-order valence-electron chi connectivity index (χ0n) is 9.27. The normalized spacial score (nSPS) is 13.2. The smallest absolute Gasteiger partial charge is 0.330 e. The van der Waals surface area contributed by atoms with Gasteiger partial charge in [0.2, 0.25) is 0 Å². The molecule has 0 amide bonds. The Labute approximate surface area is 104 Å². The van der Waals surface area contributed by atoms with E-state index in [1.807, 2.05) is 0 Å². The third kappa shape index (κ3) is 1.93. The molecule has 0 bridgehead atoms. The van der Waals surface area contributed by atoms with Gasteiger partial charge in [-0.15, -0.1) is 0 Å². The quantitative estimate of drug-likeness (QED) is 0.736. The summed E-state index contributed by atoms with van der Waals surface area (Å²) < 4.78 is 3.22. The molecule has 0 saturated heterocycles. The van der Waals surface area contributed by atoms with Gasteiger partial charge in [-0.2, -0.15) is 0 Å². The Morgan fingerprint density at radius 1 is 1.53 bits per heavy atom. The molecule has 8 heteroatoms. The number of halogens is 1. The zero-order valence-corrected chi connectivity index (χ0v) is 10.9. The average molecular weight is 303 g/mol. The van der Waals surface area contributed by atoms with Crippen LogP contribution in [0, 0.1) is 0 Å². The fourth-order valence-electron chi connectivity index (χ4n) is 1.65. The number of H-pyrrole nitrogens is 1. The molecule has 0 aromatic carbocycles. The van der Waals surface area contributed by atoms with E-state index in [1.54, 1.807) is 14.0 Å². The van der Waals surface area contributed by atoms with Gasteiger partial charge >= 0.3 is 5.69 Å². The number of aromatic nitrogens is 4. The molecule has 17 heavy (non-hydrogen) atoms. The predicted octanol–water partition coefficient (Wildman–Crippen LogP) is -0.433. The number of imidazole rings is 1. The van der Waals surface area contributed by atoms with Crippen molar-refractivity contribution < 1.29 is 5.11 Å². The number of nitrogens with one attached hydrogen (secondary N) is 1. The van der Waals surface area contributed by atoms with E-state index in [2.05, 4.69) is 25.9 Å². The topological polar surface area (TPSA) is 92.9 Å². The van der Waals surface area contributed by atoms with Crippen molar-refractivity contribution >= 4 is 27.1 Å². The number of aryl methyl sites for hydroxylation is 1. The van der Waals surface area contributed by atoms with Gasteiger partial charge in [-0.1, -0.05) is 0 Å². The highest BCUT2D eigenvalue weighted by Gasteiger charge is 2.15. The van der Waals surface area contributed by atoms with E-state index in [4.69, 9.17) is 0 Å². The van der Waals surface area contributed by atoms with Gasteiger partial charge < -0.3 is 9.67 Å². The molecule has 7 nitrogen and oxygen atoms in total. The number of aliphatic hydroxyl groups is 1. The molecule has 2 rings (SSSR count). The third-order valence-corrected chi connectivity index (χ3v) is 3.11. The van der Waals surface area contributed by atoms with E-state index in [9.17, 15) is 14.7 Å². The molecule has 2 aromatic heterocycles. The van der Waals surface area contributed by atoms with Crippen molar-refractivity contribution in [1.29, 1.82) is 0 Å². The van der Waals surface area contributed by atoms with Gasteiger partial charge in [-0.05, 0) is 22.9 Å². The Morgan fingerprint density at radius 3 is 2.76 bits per heavy atom. The second-order valence-corrected chi connectivity index (χ2v) is 4.54. The molecule has 0 fully saturated rings. The van der Waals surface area contributed by atoms with Crippen LogP contribution in [-0.4, -0.2) is 30.3 Å². The van der Waals surface area contributed by atoms with Crippen molar-refractivity contribution in [3.05, 3.63) is 25.6 Å². The number of fused-ring (bicyclic) bond motifs is 1. The monoisotopic (exact) mass is 302 g/mol. The average Bonchev–Trinajstić information content (AvgIpc) is 2.50. The van der Waals surface area contributed by atoms with Crippen LogP contribution in [0.25, 0.3) is 11.2 Å². The number of hydrogen-bond acceptors (Lipinski definition) is 4. The summed E-state index contributed by atoms with van der Waals surface area (Å²) in [7, 11) is 1.66. The molecule has 0 saturated carbocycles. The van der Waals surface area contributed by atoms with Gasteiger partial charge in [-0.25, -0.2) is 9.78 Å². The Kier molecular flexibility index (Phi) is 2.92. The van der Waals surface area contributed by atoms with Crippen LogP contribution in [0.1, 0.15) is 6.92 Å². The van der Waals surface area contributed by atoms with Crippen LogP contribution in [0.3, 0.4) is 0 Å². The van der Waals surface area contributed by atoms with Gasteiger partial charge in [0, 0.05) is 7.05 Å². The highest BCUT2D eigenvalue weighted by atomic mass is 79.9. The molecule has 1 unspecified atom stereocenters. The molecule has 2 N–H and O–H groups in total. The zero-order chi connectivity index (χ0) is 12.7. The first-order chi connectivity index (χ1) is 7.91. The minimum atomic E-state index is -0.706. The summed E-state index contributed by atoms with van der Waals surface area (Å²) in [5.41, 5.74) is -0.521. The van der Waals surface area contributed by atoms with Crippen molar-refractivity contribution in [2.45, 2.75) is 19.6 Å². The largest absolute Gasteiger partial charge is 0.392 e. The summed E-state index contributed by atoms with van der Waals surface area (Å²) in [6, 6.07) is 0. The molecule has 0 spiro atoms. The lowest BCUT2D eigenvalue weighted by Crippen LogP contribution is -2.33. The lowest BCUT2D eigenvalue weighted by molar-refractivity contribution is 0.173. The summed E-state index contributed by atoms with van der Waals surface area (Å²) in [6.45, 7) is 1.64. The first-order valence-electron chi connectivity index (χ1n) is 4.95. The van der Waals surface area contributed by atoms with E-state index in [0.717, 1.165) is 0 Å². The van der Waals surface area contributed by atoms with Crippen LogP contribution in [-0.2, 0) is 13.6 Å². The molecule has 0 aliphatic rings. The van der Waals surface area contributed by atoms with E-state index in [0.29, 0.717) is 4.73 Å². The second-order valence-electron chi connectivity index (χ2n) is 3.83. The van der Waals surface area contributed by atoms with Gasteiger partial charge in [-0.3, -0.25) is 14.3 Å². The van der Waals surface area contributed by atoms with Gasteiger partial charge in [0.1, 0.15) is 0 Å².